The molecule has 0 radical (unpaired) electrons. The van der Waals surface area contributed by atoms with E-state index in [1.54, 1.807) is 18.2 Å². The van der Waals surface area contributed by atoms with E-state index in [0.717, 1.165) is 13.1 Å². The fourth-order valence-electron chi connectivity index (χ4n) is 1.72. The first-order chi connectivity index (χ1) is 7.75. The Labute approximate surface area is 94.6 Å². The highest BCUT2D eigenvalue weighted by Gasteiger charge is 2.19. The van der Waals surface area contributed by atoms with Crippen molar-refractivity contribution in [2.45, 2.75) is 19.1 Å². The summed E-state index contributed by atoms with van der Waals surface area (Å²) in [6, 6.07) is 6.40. The van der Waals surface area contributed by atoms with Crippen LogP contribution in [0.1, 0.15) is 6.92 Å². The zero-order valence-corrected chi connectivity index (χ0v) is 9.28. The van der Waals surface area contributed by atoms with Gasteiger partial charge in [0.1, 0.15) is 12.7 Å². The maximum absolute atomic E-state index is 13.2. The topological polar surface area (TPSA) is 30.5 Å². The zero-order valence-electron chi connectivity index (χ0n) is 9.28. The Morgan fingerprint density at radius 2 is 2.25 bits per heavy atom. The van der Waals surface area contributed by atoms with Gasteiger partial charge in [-0.05, 0) is 19.1 Å². The SMILES string of the molecule is CC1CNCC(COc2ccccc2F)O1. The van der Waals surface area contributed by atoms with Crippen LogP contribution in [0, 0.1) is 5.82 Å². The second-order valence-corrected chi connectivity index (χ2v) is 3.97. The van der Waals surface area contributed by atoms with Crippen molar-refractivity contribution in [2.24, 2.45) is 0 Å². The molecule has 2 unspecified atom stereocenters. The van der Waals surface area contributed by atoms with Crippen molar-refractivity contribution in [3.05, 3.63) is 30.1 Å². The van der Waals surface area contributed by atoms with E-state index in [1.165, 1.54) is 6.07 Å². The Balaban J connectivity index is 1.85. The largest absolute Gasteiger partial charge is 0.488 e. The molecule has 1 saturated heterocycles. The van der Waals surface area contributed by atoms with Crippen molar-refractivity contribution in [1.29, 1.82) is 0 Å². The van der Waals surface area contributed by atoms with Crippen LogP contribution in [-0.2, 0) is 4.74 Å². The van der Waals surface area contributed by atoms with Crippen molar-refractivity contribution in [1.82, 2.24) is 5.32 Å². The summed E-state index contributed by atoms with van der Waals surface area (Å²) in [6.07, 6.45) is 0.173. The Morgan fingerprint density at radius 1 is 1.44 bits per heavy atom. The van der Waals surface area contributed by atoms with Crippen molar-refractivity contribution in [2.75, 3.05) is 19.7 Å². The summed E-state index contributed by atoms with van der Waals surface area (Å²) < 4.78 is 24.3. The minimum atomic E-state index is -0.334. The number of hydrogen-bond donors (Lipinski definition) is 1. The van der Waals surface area contributed by atoms with Crippen molar-refractivity contribution >= 4 is 0 Å². The van der Waals surface area contributed by atoms with Crippen LogP contribution in [0.3, 0.4) is 0 Å². The molecule has 1 aliphatic rings. The van der Waals surface area contributed by atoms with Gasteiger partial charge in [0.2, 0.25) is 0 Å². The monoisotopic (exact) mass is 225 g/mol. The maximum Gasteiger partial charge on any atom is 0.165 e. The van der Waals surface area contributed by atoms with Gasteiger partial charge in [0.05, 0.1) is 6.10 Å². The number of benzene rings is 1. The standard InChI is InChI=1S/C12H16FNO2/c1-9-6-14-7-10(16-9)8-15-12-5-3-2-4-11(12)13/h2-5,9-10,14H,6-8H2,1H3. The van der Waals surface area contributed by atoms with Crippen LogP contribution in [0.25, 0.3) is 0 Å². The number of ether oxygens (including phenoxy) is 2. The van der Waals surface area contributed by atoms with Gasteiger partial charge >= 0.3 is 0 Å². The maximum atomic E-state index is 13.2. The molecule has 88 valence electrons. The second kappa shape index (κ2) is 5.27. The Morgan fingerprint density at radius 3 is 3.00 bits per heavy atom. The summed E-state index contributed by atoms with van der Waals surface area (Å²) in [7, 11) is 0. The van der Waals surface area contributed by atoms with Crippen LogP contribution < -0.4 is 10.1 Å². The molecule has 1 aromatic carbocycles. The van der Waals surface area contributed by atoms with Crippen LogP contribution in [0.4, 0.5) is 4.39 Å². The third kappa shape index (κ3) is 2.93. The van der Waals surface area contributed by atoms with Crippen LogP contribution in [0.2, 0.25) is 0 Å². The van der Waals surface area contributed by atoms with Crippen molar-refractivity contribution in [3.8, 4) is 5.75 Å². The Bertz CT molecular complexity index is 346. The lowest BCUT2D eigenvalue weighted by molar-refractivity contribution is -0.0474. The molecular formula is C12H16FNO2. The third-order valence-corrected chi connectivity index (χ3v) is 2.49. The fourth-order valence-corrected chi connectivity index (χ4v) is 1.72. The average molecular weight is 225 g/mol. The summed E-state index contributed by atoms with van der Waals surface area (Å²) in [5.41, 5.74) is 0. The van der Waals surface area contributed by atoms with Gasteiger partial charge in [-0.25, -0.2) is 4.39 Å². The smallest absolute Gasteiger partial charge is 0.165 e. The lowest BCUT2D eigenvalue weighted by Gasteiger charge is -2.28. The summed E-state index contributed by atoms with van der Waals surface area (Å²) >= 11 is 0. The molecule has 1 N–H and O–H groups in total. The van der Waals surface area contributed by atoms with E-state index in [4.69, 9.17) is 9.47 Å². The highest BCUT2D eigenvalue weighted by molar-refractivity contribution is 5.23. The molecular weight excluding hydrogens is 209 g/mol. The molecule has 16 heavy (non-hydrogen) atoms. The van der Waals surface area contributed by atoms with Gasteiger partial charge in [-0.15, -0.1) is 0 Å². The first-order valence-electron chi connectivity index (χ1n) is 5.49. The molecule has 0 aromatic heterocycles. The van der Waals surface area contributed by atoms with E-state index in [-0.39, 0.29) is 23.8 Å². The average Bonchev–Trinajstić information content (AvgIpc) is 2.28. The van der Waals surface area contributed by atoms with E-state index in [0.29, 0.717) is 6.61 Å². The second-order valence-electron chi connectivity index (χ2n) is 3.97. The van der Waals surface area contributed by atoms with Crippen LogP contribution >= 0.6 is 0 Å². The van der Waals surface area contributed by atoms with E-state index in [1.807, 2.05) is 6.92 Å². The predicted octanol–water partition coefficient (Wildman–Crippen LogP) is 1.58. The number of para-hydroxylation sites is 1. The molecule has 4 heteroatoms. The predicted molar refractivity (Wildman–Crippen MR) is 59.1 cm³/mol. The summed E-state index contributed by atoms with van der Waals surface area (Å²) in [6.45, 7) is 3.98. The summed E-state index contributed by atoms with van der Waals surface area (Å²) in [4.78, 5) is 0. The molecule has 0 saturated carbocycles. The molecule has 0 spiro atoms. The molecule has 1 aromatic rings. The highest BCUT2D eigenvalue weighted by atomic mass is 19.1. The zero-order chi connectivity index (χ0) is 11.4. The molecule has 3 nitrogen and oxygen atoms in total. The fraction of sp³-hybridized carbons (Fsp3) is 0.500. The molecule has 1 aliphatic heterocycles. The Kier molecular flexibility index (Phi) is 3.74. The van der Waals surface area contributed by atoms with Crippen molar-refractivity contribution in [3.63, 3.8) is 0 Å². The summed E-state index contributed by atoms with van der Waals surface area (Å²) in [5, 5.41) is 3.24. The molecule has 0 amide bonds. The highest BCUT2D eigenvalue weighted by Crippen LogP contribution is 2.16. The lowest BCUT2D eigenvalue weighted by atomic mass is 10.2. The van der Waals surface area contributed by atoms with Gasteiger partial charge in [0.15, 0.2) is 11.6 Å². The van der Waals surface area contributed by atoms with Gasteiger partial charge in [-0.1, -0.05) is 12.1 Å². The van der Waals surface area contributed by atoms with Gasteiger partial charge in [-0.3, -0.25) is 0 Å². The molecule has 2 rings (SSSR count). The van der Waals surface area contributed by atoms with E-state index in [9.17, 15) is 4.39 Å². The first kappa shape index (κ1) is 11.4. The summed E-state index contributed by atoms with van der Waals surface area (Å²) in [5.74, 6) is -0.0522. The quantitative estimate of drug-likeness (QED) is 0.847. The van der Waals surface area contributed by atoms with Gasteiger partial charge < -0.3 is 14.8 Å². The number of halogens is 1. The first-order valence-corrected chi connectivity index (χ1v) is 5.49. The van der Waals surface area contributed by atoms with Crippen molar-refractivity contribution < 1.29 is 13.9 Å². The van der Waals surface area contributed by atoms with Gasteiger partial charge in [0.25, 0.3) is 0 Å². The van der Waals surface area contributed by atoms with Gasteiger partial charge in [-0.2, -0.15) is 0 Å². The molecule has 2 atom stereocenters. The normalized spacial score (nSPS) is 25.4. The van der Waals surface area contributed by atoms with E-state index >= 15 is 0 Å². The minimum absolute atomic E-state index is 0.0108. The van der Waals surface area contributed by atoms with Crippen LogP contribution in [0.5, 0.6) is 5.75 Å². The molecule has 0 aliphatic carbocycles. The Hall–Kier alpha value is -1.13. The molecule has 1 fully saturated rings. The number of hydrogen-bond acceptors (Lipinski definition) is 3. The minimum Gasteiger partial charge on any atom is -0.488 e. The number of rotatable bonds is 3. The number of nitrogens with one attached hydrogen (secondary N) is 1. The van der Waals surface area contributed by atoms with E-state index in [2.05, 4.69) is 5.32 Å². The molecule has 1 heterocycles. The number of morpholine rings is 1. The van der Waals surface area contributed by atoms with Crippen LogP contribution in [0.15, 0.2) is 24.3 Å². The molecule has 0 bridgehead atoms. The lowest BCUT2D eigenvalue weighted by Crippen LogP contribution is -2.45. The van der Waals surface area contributed by atoms with E-state index < -0.39 is 0 Å². The van der Waals surface area contributed by atoms with Crippen LogP contribution in [-0.4, -0.2) is 31.9 Å². The third-order valence-electron chi connectivity index (χ3n) is 2.49. The van der Waals surface area contributed by atoms with Gasteiger partial charge in [0, 0.05) is 13.1 Å².